The Morgan fingerprint density at radius 3 is 1.52 bits per heavy atom. The highest BCUT2D eigenvalue weighted by molar-refractivity contribution is 6.12. The zero-order valence-electron chi connectivity index (χ0n) is 35.5. The molecule has 0 atom stereocenters. The number of hydrogen-bond donors (Lipinski definition) is 0. The molecule has 0 bridgehead atoms. The first-order valence-corrected chi connectivity index (χ1v) is 21.9. The molecule has 0 saturated carbocycles. The molecule has 3 heterocycles. The van der Waals surface area contributed by atoms with Gasteiger partial charge in [-0.15, -0.1) is 0 Å². The average molecular weight is 841 g/mol. The predicted octanol–water partition coefficient (Wildman–Crippen LogP) is 14.7. The maximum atomic E-state index is 10.2. The van der Waals surface area contributed by atoms with Crippen LogP contribution in [-0.4, -0.2) is 19.1 Å². The summed E-state index contributed by atoms with van der Waals surface area (Å²) < 4.78 is 4.76. The summed E-state index contributed by atoms with van der Waals surface area (Å²) >= 11 is 0. The van der Waals surface area contributed by atoms with Gasteiger partial charge in [0.25, 0.3) is 0 Å². The van der Waals surface area contributed by atoms with Crippen molar-refractivity contribution in [1.82, 2.24) is 19.1 Å². The largest absolute Gasteiger partial charge is 0.309 e. The molecule has 12 aromatic rings. The zero-order valence-corrected chi connectivity index (χ0v) is 35.5. The summed E-state index contributed by atoms with van der Waals surface area (Å²) in [5.74, 6) is 0.651. The SMILES string of the molecule is N#Cc1ccc(-c2ccc3c(c2)c2ccccc2n3-c2cc(-c3cc(-c4ccccc4)nc(-c4ccccc4)n3)ccc2-c2ccccc2-n2c3ccccc3c3ccccc32)c(C#N)c1. The van der Waals surface area contributed by atoms with E-state index in [9.17, 15) is 10.5 Å². The topological polar surface area (TPSA) is 83.2 Å². The second-order valence-corrected chi connectivity index (χ2v) is 16.4. The highest BCUT2D eigenvalue weighted by atomic mass is 15.0. The van der Waals surface area contributed by atoms with Crippen LogP contribution in [0.25, 0.3) is 111 Å². The molecule has 0 aliphatic heterocycles. The Kier molecular flexibility index (Phi) is 9.16. The normalized spacial score (nSPS) is 11.3. The molecular weight excluding hydrogens is 805 g/mol. The van der Waals surface area contributed by atoms with E-state index in [2.05, 4.69) is 185 Å². The Morgan fingerprint density at radius 2 is 0.848 bits per heavy atom. The van der Waals surface area contributed by atoms with Crippen LogP contribution in [0, 0.1) is 22.7 Å². The first-order valence-electron chi connectivity index (χ1n) is 21.9. The maximum Gasteiger partial charge on any atom is 0.160 e. The number of hydrogen-bond acceptors (Lipinski definition) is 4. The molecular formula is C60H36N6. The zero-order chi connectivity index (χ0) is 44.1. The van der Waals surface area contributed by atoms with Crippen LogP contribution in [0.5, 0.6) is 0 Å². The van der Waals surface area contributed by atoms with Gasteiger partial charge in [-0.05, 0) is 71.8 Å². The lowest BCUT2D eigenvalue weighted by Gasteiger charge is -2.20. The fourth-order valence-electron chi connectivity index (χ4n) is 9.61. The van der Waals surface area contributed by atoms with Crippen LogP contribution in [0.2, 0.25) is 0 Å². The molecule has 6 heteroatoms. The van der Waals surface area contributed by atoms with Crippen molar-refractivity contribution >= 4 is 43.6 Å². The Bertz CT molecular complexity index is 3850. The van der Waals surface area contributed by atoms with Crippen molar-refractivity contribution in [3.63, 3.8) is 0 Å². The molecule has 12 rings (SSSR count). The van der Waals surface area contributed by atoms with E-state index in [0.29, 0.717) is 17.0 Å². The second-order valence-electron chi connectivity index (χ2n) is 16.4. The summed E-state index contributed by atoms with van der Waals surface area (Å²) in [6, 6.07) is 79.9. The van der Waals surface area contributed by atoms with Crippen LogP contribution in [0.3, 0.4) is 0 Å². The van der Waals surface area contributed by atoms with Crippen molar-refractivity contribution in [2.24, 2.45) is 0 Å². The molecule has 0 spiro atoms. The van der Waals surface area contributed by atoms with E-state index in [4.69, 9.17) is 9.97 Å². The summed E-state index contributed by atoms with van der Waals surface area (Å²) in [5, 5.41) is 24.3. The minimum Gasteiger partial charge on any atom is -0.309 e. The minimum atomic E-state index is 0.456. The number of rotatable bonds is 7. The van der Waals surface area contributed by atoms with E-state index in [1.807, 2.05) is 42.5 Å². The molecule has 0 aliphatic rings. The molecule has 66 heavy (non-hydrogen) atoms. The van der Waals surface area contributed by atoms with Crippen LogP contribution >= 0.6 is 0 Å². The van der Waals surface area contributed by atoms with Gasteiger partial charge in [0, 0.05) is 49.4 Å². The molecule has 0 amide bonds. The van der Waals surface area contributed by atoms with Gasteiger partial charge in [-0.3, -0.25) is 0 Å². The minimum absolute atomic E-state index is 0.456. The van der Waals surface area contributed by atoms with Gasteiger partial charge in [0.1, 0.15) is 0 Å². The van der Waals surface area contributed by atoms with Crippen molar-refractivity contribution in [2.45, 2.75) is 0 Å². The third kappa shape index (κ3) is 6.33. The van der Waals surface area contributed by atoms with Gasteiger partial charge in [0.2, 0.25) is 0 Å². The van der Waals surface area contributed by atoms with E-state index < -0.39 is 0 Å². The summed E-state index contributed by atoms with van der Waals surface area (Å²) in [5.41, 5.74) is 15.6. The molecule has 0 aliphatic carbocycles. The fourth-order valence-corrected chi connectivity index (χ4v) is 9.61. The summed E-state index contributed by atoms with van der Waals surface area (Å²) in [4.78, 5) is 10.4. The van der Waals surface area contributed by atoms with Crippen LogP contribution in [0.1, 0.15) is 11.1 Å². The van der Waals surface area contributed by atoms with E-state index in [-0.39, 0.29) is 0 Å². The number of nitriles is 2. The summed E-state index contributed by atoms with van der Waals surface area (Å²) in [6.07, 6.45) is 0. The van der Waals surface area contributed by atoms with Gasteiger partial charge in [0.15, 0.2) is 5.82 Å². The Labute approximate surface area is 380 Å². The van der Waals surface area contributed by atoms with Crippen molar-refractivity contribution in [2.75, 3.05) is 0 Å². The molecule has 0 saturated heterocycles. The number of fused-ring (bicyclic) bond motifs is 6. The molecule has 306 valence electrons. The first-order chi connectivity index (χ1) is 32.6. The maximum absolute atomic E-state index is 10.2. The first kappa shape index (κ1) is 38.3. The highest BCUT2D eigenvalue weighted by Crippen LogP contribution is 2.43. The van der Waals surface area contributed by atoms with E-state index >= 15 is 0 Å². The molecule has 0 radical (unpaired) electrons. The smallest absolute Gasteiger partial charge is 0.160 e. The summed E-state index contributed by atoms with van der Waals surface area (Å²) in [6.45, 7) is 0. The lowest BCUT2D eigenvalue weighted by molar-refractivity contribution is 1.15. The monoisotopic (exact) mass is 840 g/mol. The van der Waals surface area contributed by atoms with E-state index in [1.54, 1.807) is 12.1 Å². The van der Waals surface area contributed by atoms with E-state index in [1.165, 1.54) is 10.8 Å². The van der Waals surface area contributed by atoms with Gasteiger partial charge < -0.3 is 9.13 Å². The van der Waals surface area contributed by atoms with Gasteiger partial charge in [-0.1, -0.05) is 158 Å². The van der Waals surface area contributed by atoms with Crippen molar-refractivity contribution in [3.8, 4) is 79.7 Å². The molecule has 3 aromatic heterocycles. The average Bonchev–Trinajstić information content (AvgIpc) is 3.91. The Morgan fingerprint density at radius 1 is 0.333 bits per heavy atom. The third-order valence-electron chi connectivity index (χ3n) is 12.6. The predicted molar refractivity (Wildman–Crippen MR) is 267 cm³/mol. The molecule has 6 nitrogen and oxygen atoms in total. The van der Waals surface area contributed by atoms with Crippen LogP contribution in [0.15, 0.2) is 218 Å². The fraction of sp³-hybridized carbons (Fsp3) is 0. The number of nitrogens with zero attached hydrogens (tertiary/aromatic N) is 6. The van der Waals surface area contributed by atoms with Gasteiger partial charge in [0.05, 0.1) is 68.1 Å². The molecule has 9 aromatic carbocycles. The molecule has 0 N–H and O–H groups in total. The molecule has 0 unspecified atom stereocenters. The number of aromatic nitrogens is 4. The van der Waals surface area contributed by atoms with Gasteiger partial charge in [-0.2, -0.15) is 10.5 Å². The Balaban J connectivity index is 1.15. The van der Waals surface area contributed by atoms with Crippen molar-refractivity contribution < 1.29 is 0 Å². The quantitative estimate of drug-likeness (QED) is 0.160. The van der Waals surface area contributed by atoms with Crippen LogP contribution in [0.4, 0.5) is 0 Å². The highest BCUT2D eigenvalue weighted by Gasteiger charge is 2.22. The second kappa shape index (κ2) is 15.8. The summed E-state index contributed by atoms with van der Waals surface area (Å²) in [7, 11) is 0. The molecule has 0 fully saturated rings. The standard InChI is InChI=1S/C60H36N6/c61-37-39-27-30-45(44(33-39)38-62)42-29-32-58-51(34-42)49-22-10-14-26-57(49)66(58)59-35-43(53-36-52(40-15-3-1-4-16-40)63-60(64-53)41-17-5-2-6-18-41)28-31-50(59)48-21-9-13-25-56(48)65-54-23-11-7-19-46(54)47-20-8-12-24-55(47)65/h1-36H. The van der Waals surface area contributed by atoms with Crippen molar-refractivity contribution in [3.05, 3.63) is 230 Å². The Hall–Kier alpha value is -9.36. The van der Waals surface area contributed by atoms with Crippen LogP contribution < -0.4 is 0 Å². The van der Waals surface area contributed by atoms with Gasteiger partial charge in [-0.25, -0.2) is 9.97 Å². The lowest BCUT2D eigenvalue weighted by Crippen LogP contribution is -2.02. The lowest BCUT2D eigenvalue weighted by atomic mass is 9.96. The number of para-hydroxylation sites is 4. The number of benzene rings is 9. The van der Waals surface area contributed by atoms with Crippen LogP contribution in [-0.2, 0) is 0 Å². The van der Waals surface area contributed by atoms with Crippen molar-refractivity contribution in [1.29, 1.82) is 10.5 Å². The van der Waals surface area contributed by atoms with Gasteiger partial charge >= 0.3 is 0 Å². The third-order valence-corrected chi connectivity index (χ3v) is 12.6. The van der Waals surface area contributed by atoms with E-state index in [0.717, 1.165) is 94.5 Å².